The van der Waals surface area contributed by atoms with Gasteiger partial charge in [-0.2, -0.15) is 0 Å². The lowest BCUT2D eigenvalue weighted by atomic mass is 9.95. The molecule has 1 aliphatic carbocycles. The first-order chi connectivity index (χ1) is 9.22. The van der Waals surface area contributed by atoms with Crippen LogP contribution in [-0.2, 0) is 4.74 Å². The van der Waals surface area contributed by atoms with Gasteiger partial charge >= 0.3 is 0 Å². The lowest BCUT2D eigenvalue weighted by molar-refractivity contribution is -0.0327. The van der Waals surface area contributed by atoms with E-state index in [0.717, 1.165) is 18.7 Å². The van der Waals surface area contributed by atoms with Crippen molar-refractivity contribution in [2.75, 3.05) is 20.3 Å². The van der Waals surface area contributed by atoms with Crippen LogP contribution in [0.3, 0.4) is 0 Å². The Bertz CT molecular complexity index is 447. The van der Waals surface area contributed by atoms with E-state index < -0.39 is 0 Å². The smallest absolute Gasteiger partial charge is 0.165 e. The van der Waals surface area contributed by atoms with Gasteiger partial charge in [0, 0.05) is 12.1 Å². The van der Waals surface area contributed by atoms with Gasteiger partial charge in [-0.25, -0.2) is 4.39 Å². The Balaban J connectivity index is 1.69. The highest BCUT2D eigenvalue weighted by molar-refractivity contribution is 5.31. The van der Waals surface area contributed by atoms with Crippen molar-refractivity contribution in [1.29, 1.82) is 0 Å². The van der Waals surface area contributed by atoms with Crippen LogP contribution in [0.2, 0.25) is 0 Å². The van der Waals surface area contributed by atoms with Gasteiger partial charge in [-0.05, 0) is 30.5 Å². The summed E-state index contributed by atoms with van der Waals surface area (Å²) < 4.78 is 24.6. The molecule has 1 unspecified atom stereocenters. The second kappa shape index (κ2) is 5.10. The number of benzene rings is 1. The monoisotopic (exact) mass is 265 g/mol. The Hall–Kier alpha value is -1.13. The standard InChI is InChI=1S/C15H20FNO2/c1-18-13-5-4-11(8-12(13)16)14-9-17-15(10-19-14)6-2-3-7-15/h4-5,8,14,17H,2-3,6-7,9-10H2,1H3. The summed E-state index contributed by atoms with van der Waals surface area (Å²) in [7, 11) is 1.47. The first-order valence-corrected chi connectivity index (χ1v) is 6.92. The molecule has 1 saturated carbocycles. The number of nitrogens with one attached hydrogen (secondary N) is 1. The molecule has 3 rings (SSSR count). The summed E-state index contributed by atoms with van der Waals surface area (Å²) in [5, 5.41) is 3.61. The van der Waals surface area contributed by atoms with Crippen molar-refractivity contribution in [3.8, 4) is 5.75 Å². The van der Waals surface area contributed by atoms with Crippen LogP contribution in [-0.4, -0.2) is 25.8 Å². The summed E-state index contributed by atoms with van der Waals surface area (Å²) >= 11 is 0. The van der Waals surface area contributed by atoms with Crippen LogP contribution in [0.5, 0.6) is 5.75 Å². The molecule has 2 fully saturated rings. The van der Waals surface area contributed by atoms with Gasteiger partial charge in [0.05, 0.1) is 19.8 Å². The molecular weight excluding hydrogens is 245 g/mol. The Morgan fingerprint density at radius 3 is 2.74 bits per heavy atom. The zero-order valence-corrected chi connectivity index (χ0v) is 11.2. The largest absolute Gasteiger partial charge is 0.494 e. The van der Waals surface area contributed by atoms with Crippen LogP contribution in [0.25, 0.3) is 0 Å². The SMILES string of the molecule is COc1ccc(C2CNC3(CCCC3)CO2)cc1F. The third-order valence-electron chi connectivity index (χ3n) is 4.33. The molecule has 0 aromatic heterocycles. The number of methoxy groups -OCH3 is 1. The molecule has 0 radical (unpaired) electrons. The lowest BCUT2D eigenvalue weighted by Crippen LogP contribution is -2.53. The number of hydrogen-bond donors (Lipinski definition) is 1. The average molecular weight is 265 g/mol. The van der Waals surface area contributed by atoms with Crippen molar-refractivity contribution in [2.24, 2.45) is 0 Å². The highest BCUT2D eigenvalue weighted by Gasteiger charge is 2.38. The molecule has 1 atom stereocenters. The van der Waals surface area contributed by atoms with Gasteiger partial charge in [0.25, 0.3) is 0 Å². The van der Waals surface area contributed by atoms with Crippen molar-refractivity contribution < 1.29 is 13.9 Å². The van der Waals surface area contributed by atoms with Crippen LogP contribution in [0.4, 0.5) is 4.39 Å². The molecule has 1 aromatic rings. The van der Waals surface area contributed by atoms with Gasteiger partial charge in [-0.15, -0.1) is 0 Å². The van der Waals surface area contributed by atoms with Gasteiger partial charge < -0.3 is 14.8 Å². The molecule has 1 aliphatic heterocycles. The molecule has 1 aromatic carbocycles. The number of morpholine rings is 1. The molecule has 0 bridgehead atoms. The van der Waals surface area contributed by atoms with Crippen LogP contribution >= 0.6 is 0 Å². The summed E-state index contributed by atoms with van der Waals surface area (Å²) in [5.74, 6) is -0.0514. The molecular formula is C15H20FNO2. The summed E-state index contributed by atoms with van der Waals surface area (Å²) in [6.07, 6.45) is 4.87. The molecule has 0 amide bonds. The first-order valence-electron chi connectivity index (χ1n) is 6.92. The predicted octanol–water partition coefficient (Wildman–Crippen LogP) is 2.81. The zero-order valence-electron chi connectivity index (χ0n) is 11.2. The van der Waals surface area contributed by atoms with Crippen molar-refractivity contribution in [1.82, 2.24) is 5.32 Å². The Labute approximate surface area is 113 Å². The lowest BCUT2D eigenvalue weighted by Gasteiger charge is -2.38. The van der Waals surface area contributed by atoms with Crippen LogP contribution < -0.4 is 10.1 Å². The van der Waals surface area contributed by atoms with Crippen molar-refractivity contribution in [2.45, 2.75) is 37.3 Å². The molecule has 3 nitrogen and oxygen atoms in total. The molecule has 104 valence electrons. The molecule has 19 heavy (non-hydrogen) atoms. The number of halogens is 1. The fourth-order valence-electron chi connectivity index (χ4n) is 3.15. The first kappa shape index (κ1) is 12.9. The second-order valence-corrected chi connectivity index (χ2v) is 5.56. The minimum atomic E-state index is -0.329. The summed E-state index contributed by atoms with van der Waals surface area (Å²) in [4.78, 5) is 0. The fraction of sp³-hybridized carbons (Fsp3) is 0.600. The van der Waals surface area contributed by atoms with E-state index in [1.54, 1.807) is 6.07 Å². The third-order valence-corrected chi connectivity index (χ3v) is 4.33. The summed E-state index contributed by atoms with van der Waals surface area (Å²) in [6.45, 7) is 1.48. The topological polar surface area (TPSA) is 30.5 Å². The molecule has 1 spiro atoms. The minimum Gasteiger partial charge on any atom is -0.494 e. The summed E-state index contributed by atoms with van der Waals surface area (Å²) in [5.41, 5.74) is 1.06. The molecule has 1 heterocycles. The van der Waals surface area contributed by atoms with E-state index in [1.807, 2.05) is 6.07 Å². The number of hydrogen-bond acceptors (Lipinski definition) is 3. The van der Waals surface area contributed by atoms with E-state index in [-0.39, 0.29) is 23.2 Å². The highest BCUT2D eigenvalue weighted by Crippen LogP contribution is 2.35. The van der Waals surface area contributed by atoms with E-state index in [1.165, 1.54) is 38.9 Å². The maximum atomic E-state index is 13.7. The maximum absolute atomic E-state index is 13.7. The van der Waals surface area contributed by atoms with Gasteiger partial charge in [0.1, 0.15) is 0 Å². The van der Waals surface area contributed by atoms with Crippen molar-refractivity contribution in [3.63, 3.8) is 0 Å². The van der Waals surface area contributed by atoms with Gasteiger partial charge in [0.2, 0.25) is 0 Å². The molecule has 4 heteroatoms. The van der Waals surface area contributed by atoms with Crippen molar-refractivity contribution in [3.05, 3.63) is 29.6 Å². The molecule has 1 N–H and O–H groups in total. The van der Waals surface area contributed by atoms with Crippen LogP contribution in [0.1, 0.15) is 37.4 Å². The Kier molecular flexibility index (Phi) is 3.46. The average Bonchev–Trinajstić information content (AvgIpc) is 2.88. The second-order valence-electron chi connectivity index (χ2n) is 5.56. The van der Waals surface area contributed by atoms with Crippen LogP contribution in [0, 0.1) is 5.82 Å². The van der Waals surface area contributed by atoms with E-state index in [4.69, 9.17) is 9.47 Å². The number of rotatable bonds is 2. The fourth-order valence-corrected chi connectivity index (χ4v) is 3.15. The quantitative estimate of drug-likeness (QED) is 0.892. The van der Waals surface area contributed by atoms with Gasteiger partial charge in [-0.1, -0.05) is 18.9 Å². The van der Waals surface area contributed by atoms with Crippen molar-refractivity contribution >= 4 is 0 Å². The molecule has 2 aliphatic rings. The molecule has 1 saturated heterocycles. The van der Waals surface area contributed by atoms with E-state index in [9.17, 15) is 4.39 Å². The Morgan fingerprint density at radius 2 is 2.16 bits per heavy atom. The highest BCUT2D eigenvalue weighted by atomic mass is 19.1. The number of ether oxygens (including phenoxy) is 2. The summed E-state index contributed by atoms with van der Waals surface area (Å²) in [6, 6.07) is 5.05. The predicted molar refractivity (Wildman–Crippen MR) is 70.8 cm³/mol. The van der Waals surface area contributed by atoms with E-state index in [0.29, 0.717) is 0 Å². The van der Waals surface area contributed by atoms with Crippen LogP contribution in [0.15, 0.2) is 18.2 Å². The van der Waals surface area contributed by atoms with Gasteiger partial charge in [-0.3, -0.25) is 0 Å². The normalized spacial score (nSPS) is 25.7. The van der Waals surface area contributed by atoms with Gasteiger partial charge in [0.15, 0.2) is 11.6 Å². The minimum absolute atomic E-state index is 0.0633. The van der Waals surface area contributed by atoms with E-state index in [2.05, 4.69) is 5.32 Å². The van der Waals surface area contributed by atoms with E-state index >= 15 is 0 Å². The third kappa shape index (κ3) is 2.47. The maximum Gasteiger partial charge on any atom is 0.165 e. The zero-order chi connectivity index (χ0) is 13.3. The Morgan fingerprint density at radius 1 is 1.37 bits per heavy atom.